The lowest BCUT2D eigenvalue weighted by Crippen LogP contribution is -2.35. The van der Waals surface area contributed by atoms with E-state index in [1.807, 2.05) is 4.90 Å². The van der Waals surface area contributed by atoms with Gasteiger partial charge in [0, 0.05) is 23.7 Å². The smallest absolute Gasteiger partial charge is 0.289 e. The van der Waals surface area contributed by atoms with E-state index in [9.17, 15) is 4.79 Å². The molecule has 1 saturated heterocycles. The Morgan fingerprint density at radius 1 is 1.05 bits per heavy atom. The van der Waals surface area contributed by atoms with Crippen LogP contribution in [0.25, 0.3) is 11.3 Å². The lowest BCUT2D eigenvalue weighted by atomic mass is 10.1. The summed E-state index contributed by atoms with van der Waals surface area (Å²) in [5, 5.41) is 1.08. The molecular weight excluding hydrogens is 309 g/mol. The summed E-state index contributed by atoms with van der Waals surface area (Å²) < 4.78 is 5.69. The van der Waals surface area contributed by atoms with E-state index >= 15 is 0 Å². The molecule has 1 amide bonds. The Morgan fingerprint density at radius 3 is 2.52 bits per heavy atom. The quantitative estimate of drug-likeness (QED) is 0.789. The van der Waals surface area contributed by atoms with Gasteiger partial charge in [-0.15, -0.1) is 0 Å². The maximum atomic E-state index is 12.4. The lowest BCUT2D eigenvalue weighted by molar-refractivity contribution is 0.0693. The molecule has 0 atom stereocenters. The number of furan rings is 1. The van der Waals surface area contributed by atoms with Crippen LogP contribution in [0.1, 0.15) is 29.8 Å². The Kier molecular flexibility index (Phi) is 4.22. The third-order valence-corrected chi connectivity index (χ3v) is 4.20. The van der Waals surface area contributed by atoms with Gasteiger partial charge < -0.3 is 9.32 Å². The molecule has 0 saturated carbocycles. The molecule has 21 heavy (non-hydrogen) atoms. The van der Waals surface area contributed by atoms with Gasteiger partial charge >= 0.3 is 0 Å². The maximum Gasteiger partial charge on any atom is 0.289 e. The molecule has 1 fully saturated rings. The van der Waals surface area contributed by atoms with Gasteiger partial charge in [-0.1, -0.05) is 23.2 Å². The summed E-state index contributed by atoms with van der Waals surface area (Å²) in [7, 11) is 0. The van der Waals surface area contributed by atoms with Crippen LogP contribution in [-0.4, -0.2) is 23.9 Å². The molecule has 2 aromatic rings. The fourth-order valence-corrected chi connectivity index (χ4v) is 3.04. The summed E-state index contributed by atoms with van der Waals surface area (Å²) in [5.41, 5.74) is 0.735. The Morgan fingerprint density at radius 2 is 1.81 bits per heavy atom. The van der Waals surface area contributed by atoms with Gasteiger partial charge in [-0.3, -0.25) is 4.79 Å². The molecule has 1 aromatic carbocycles. The number of hydrogen-bond acceptors (Lipinski definition) is 2. The van der Waals surface area contributed by atoms with Gasteiger partial charge in [0.2, 0.25) is 0 Å². The molecule has 1 aliphatic heterocycles. The van der Waals surface area contributed by atoms with Crippen molar-refractivity contribution in [2.75, 3.05) is 13.1 Å². The van der Waals surface area contributed by atoms with E-state index < -0.39 is 0 Å². The van der Waals surface area contributed by atoms with Crippen molar-refractivity contribution in [3.05, 3.63) is 46.1 Å². The van der Waals surface area contributed by atoms with E-state index in [1.54, 1.807) is 30.3 Å². The Balaban J connectivity index is 1.84. The minimum absolute atomic E-state index is 0.0500. The number of hydrogen-bond donors (Lipinski definition) is 0. The average molecular weight is 324 g/mol. The van der Waals surface area contributed by atoms with Crippen LogP contribution in [-0.2, 0) is 0 Å². The zero-order valence-electron chi connectivity index (χ0n) is 11.4. The number of piperidine rings is 1. The average Bonchev–Trinajstić information content (AvgIpc) is 2.97. The molecule has 1 aromatic heterocycles. The van der Waals surface area contributed by atoms with Crippen molar-refractivity contribution in [2.24, 2.45) is 0 Å². The summed E-state index contributed by atoms with van der Waals surface area (Å²) in [4.78, 5) is 14.2. The van der Waals surface area contributed by atoms with Crippen molar-refractivity contribution >= 4 is 29.1 Å². The van der Waals surface area contributed by atoms with Gasteiger partial charge in [-0.05, 0) is 49.6 Å². The Labute approximate surface area is 133 Å². The van der Waals surface area contributed by atoms with Gasteiger partial charge in [0.1, 0.15) is 5.76 Å². The second-order valence-corrected chi connectivity index (χ2v) is 5.98. The first-order chi connectivity index (χ1) is 10.1. The van der Waals surface area contributed by atoms with Gasteiger partial charge in [0.15, 0.2) is 5.76 Å². The highest BCUT2D eigenvalue weighted by Gasteiger charge is 2.21. The molecule has 0 radical (unpaired) electrons. The van der Waals surface area contributed by atoms with Crippen molar-refractivity contribution in [2.45, 2.75) is 19.3 Å². The van der Waals surface area contributed by atoms with Crippen LogP contribution in [0.5, 0.6) is 0 Å². The predicted molar refractivity (Wildman–Crippen MR) is 83.9 cm³/mol. The van der Waals surface area contributed by atoms with E-state index in [2.05, 4.69) is 0 Å². The van der Waals surface area contributed by atoms with E-state index in [4.69, 9.17) is 27.6 Å². The van der Waals surface area contributed by atoms with Gasteiger partial charge in [0.05, 0.1) is 5.02 Å². The van der Waals surface area contributed by atoms with Gasteiger partial charge in [0.25, 0.3) is 5.91 Å². The molecule has 0 N–H and O–H groups in total. The molecule has 110 valence electrons. The molecular formula is C16H15Cl2NO2. The summed E-state index contributed by atoms with van der Waals surface area (Å²) in [6, 6.07) is 8.67. The summed E-state index contributed by atoms with van der Waals surface area (Å²) in [5.74, 6) is 0.890. The van der Waals surface area contributed by atoms with Crippen molar-refractivity contribution < 1.29 is 9.21 Å². The van der Waals surface area contributed by atoms with E-state index in [1.165, 1.54) is 6.42 Å². The fraction of sp³-hybridized carbons (Fsp3) is 0.312. The van der Waals surface area contributed by atoms with Gasteiger partial charge in [-0.25, -0.2) is 0 Å². The predicted octanol–water partition coefficient (Wildman–Crippen LogP) is 4.88. The third kappa shape index (κ3) is 3.09. The van der Waals surface area contributed by atoms with Gasteiger partial charge in [-0.2, -0.15) is 0 Å². The molecule has 1 aliphatic rings. The minimum Gasteiger partial charge on any atom is -0.451 e. The molecule has 0 bridgehead atoms. The minimum atomic E-state index is -0.0500. The molecule has 0 unspecified atom stereocenters. The Hall–Kier alpha value is -1.45. The van der Waals surface area contributed by atoms with Crippen LogP contribution < -0.4 is 0 Å². The molecule has 0 aliphatic carbocycles. The molecule has 3 rings (SSSR count). The van der Waals surface area contributed by atoms with Crippen molar-refractivity contribution in [1.29, 1.82) is 0 Å². The number of rotatable bonds is 2. The third-order valence-electron chi connectivity index (χ3n) is 3.66. The zero-order valence-corrected chi connectivity index (χ0v) is 13.0. The Bertz CT molecular complexity index is 660. The van der Waals surface area contributed by atoms with Crippen LogP contribution in [0, 0.1) is 0 Å². The highest BCUT2D eigenvalue weighted by atomic mass is 35.5. The summed E-state index contributed by atoms with van der Waals surface area (Å²) in [6.07, 6.45) is 3.30. The standard InChI is InChI=1S/C16H15Cl2NO2/c17-11-4-5-12(13(18)10-11)14-6-7-15(21-14)16(20)19-8-2-1-3-9-19/h4-7,10H,1-3,8-9H2. The SMILES string of the molecule is O=C(c1ccc(-c2ccc(Cl)cc2Cl)o1)N1CCCCC1. The summed E-state index contributed by atoms with van der Waals surface area (Å²) >= 11 is 12.0. The van der Waals surface area contributed by atoms with Crippen molar-refractivity contribution in [1.82, 2.24) is 4.90 Å². The first-order valence-corrected chi connectivity index (χ1v) is 7.75. The van der Waals surface area contributed by atoms with Crippen molar-refractivity contribution in [3.63, 3.8) is 0 Å². The zero-order chi connectivity index (χ0) is 14.8. The number of nitrogens with zero attached hydrogens (tertiary/aromatic N) is 1. The molecule has 3 nitrogen and oxygen atoms in total. The number of amides is 1. The van der Waals surface area contributed by atoms with Crippen LogP contribution in [0.3, 0.4) is 0 Å². The number of benzene rings is 1. The first-order valence-electron chi connectivity index (χ1n) is 7.00. The highest BCUT2D eigenvalue weighted by Crippen LogP contribution is 2.31. The highest BCUT2D eigenvalue weighted by molar-refractivity contribution is 6.36. The topological polar surface area (TPSA) is 33.5 Å². The number of halogens is 2. The van der Waals surface area contributed by atoms with E-state index in [0.717, 1.165) is 31.5 Å². The van der Waals surface area contributed by atoms with Crippen LogP contribution in [0.4, 0.5) is 0 Å². The monoisotopic (exact) mass is 323 g/mol. The molecule has 2 heterocycles. The van der Waals surface area contributed by atoms with Crippen LogP contribution >= 0.6 is 23.2 Å². The maximum absolute atomic E-state index is 12.4. The number of carbonyl (C=O) groups is 1. The number of carbonyl (C=O) groups excluding carboxylic acids is 1. The second-order valence-electron chi connectivity index (χ2n) is 5.14. The van der Waals surface area contributed by atoms with Crippen LogP contribution in [0.2, 0.25) is 10.0 Å². The molecule has 5 heteroatoms. The second kappa shape index (κ2) is 6.12. The largest absolute Gasteiger partial charge is 0.451 e. The van der Waals surface area contributed by atoms with Crippen LogP contribution in [0.15, 0.2) is 34.7 Å². The van der Waals surface area contributed by atoms with Crippen molar-refractivity contribution in [3.8, 4) is 11.3 Å². The number of likely N-dealkylation sites (tertiary alicyclic amines) is 1. The fourth-order valence-electron chi connectivity index (χ4n) is 2.54. The molecule has 0 spiro atoms. The van der Waals surface area contributed by atoms with E-state index in [0.29, 0.717) is 21.6 Å². The summed E-state index contributed by atoms with van der Waals surface area (Å²) in [6.45, 7) is 1.60. The normalized spacial score (nSPS) is 15.2. The first kappa shape index (κ1) is 14.5. The van der Waals surface area contributed by atoms with E-state index in [-0.39, 0.29) is 5.91 Å². The lowest BCUT2D eigenvalue weighted by Gasteiger charge is -2.25.